The van der Waals surface area contributed by atoms with E-state index in [0.29, 0.717) is 35.4 Å². The van der Waals surface area contributed by atoms with Gasteiger partial charge in [0.1, 0.15) is 49.7 Å². The zero-order chi connectivity index (χ0) is 61.2. The first-order valence-electron chi connectivity index (χ1n) is 28.3. The van der Waals surface area contributed by atoms with Crippen LogP contribution in [0.1, 0.15) is 60.7 Å². The number of hydrogen-bond donors (Lipinski definition) is 4. The number of carbonyl (C=O) groups excluding carboxylic acids is 5. The predicted molar refractivity (Wildman–Crippen MR) is 320 cm³/mol. The molecule has 4 N–H and O–H groups in total. The fourth-order valence-corrected chi connectivity index (χ4v) is 10.1. The number of aromatic nitrogens is 4. The fourth-order valence-electron chi connectivity index (χ4n) is 9.89. The highest BCUT2D eigenvalue weighted by atomic mass is 35.5. The number of methoxy groups -OCH3 is 1. The molecule has 0 spiro atoms. The number of nitrogens with zero attached hydrogens (tertiary/aromatic N) is 5. The van der Waals surface area contributed by atoms with Crippen molar-refractivity contribution in [3.05, 3.63) is 160 Å². The number of amides is 4. The minimum atomic E-state index is -1.34. The Morgan fingerprint density at radius 2 is 1.45 bits per heavy atom. The summed E-state index contributed by atoms with van der Waals surface area (Å²) in [6, 6.07) is 31.9. The SMILES string of the molecule is COc1ccc([C@@H](OC(=O)OCc2ccc(NC(=O)[C@H](C)NC(=O)[C@@H](NC(=O)COCCOCCOCCNC(=O)OCC3c4ccccc4-c4ccccc43)C(C)C)cc2)c2cc(-c3ncnc4cc(N5CCOCC5)ccc34)c(F)cc2Cl)nn1. The molecule has 0 unspecified atom stereocenters. The summed E-state index contributed by atoms with van der Waals surface area (Å²) in [6.07, 6.45) is -1.63. The Morgan fingerprint density at radius 1 is 0.747 bits per heavy atom. The highest BCUT2D eigenvalue weighted by Gasteiger charge is 2.31. The Labute approximate surface area is 506 Å². The standard InChI is InChI=1S/C63H67ClFN9O13/c1-38(2)57(71-55(75)36-84-30-29-83-28-27-81-24-21-66-62(78)85-35-50-45-11-7-5-9-43(45)44-10-6-8-12-46(44)50)61(77)69-39(3)60(76)70-41-15-13-40(14-16-41)34-86-63(79)87-59(53-19-20-56(80-4)73-72-53)48-32-49(52(65)33-51(48)64)58-47-18-17-42(31-54(47)67-37-68-58)74-22-25-82-26-23-74/h5-20,31-33,37-39,50,57,59H,21-30,34-36H2,1-4H3,(H,66,78)(H,69,77)(H,70,76)(H,71,75)/t39-,57-,59-/m0/s1. The van der Waals surface area contributed by atoms with Gasteiger partial charge < -0.3 is 64.1 Å². The number of halogens is 2. The molecule has 9 rings (SSSR count). The molecule has 1 aliphatic carbocycles. The summed E-state index contributed by atoms with van der Waals surface area (Å²) in [5.74, 6) is -2.50. The van der Waals surface area contributed by atoms with E-state index in [9.17, 15) is 24.0 Å². The lowest BCUT2D eigenvalue weighted by Crippen LogP contribution is -2.54. The average Bonchev–Trinajstić information content (AvgIpc) is 2.19. The van der Waals surface area contributed by atoms with Gasteiger partial charge in [0, 0.05) is 59.5 Å². The summed E-state index contributed by atoms with van der Waals surface area (Å²) in [5.41, 5.74) is 7.66. The van der Waals surface area contributed by atoms with E-state index >= 15 is 4.39 Å². The number of alkyl carbamates (subject to hydrolysis) is 1. The first-order chi connectivity index (χ1) is 42.2. The largest absolute Gasteiger partial charge is 0.509 e. The van der Waals surface area contributed by atoms with Gasteiger partial charge in [-0.3, -0.25) is 14.4 Å². The van der Waals surface area contributed by atoms with Crippen LogP contribution in [0.4, 0.5) is 25.4 Å². The van der Waals surface area contributed by atoms with Crippen LogP contribution in [0.25, 0.3) is 33.3 Å². The maximum atomic E-state index is 16.0. The highest BCUT2D eigenvalue weighted by Crippen LogP contribution is 2.45. The second-order valence-corrected chi connectivity index (χ2v) is 21.1. The number of hydrogen-bond acceptors (Lipinski definition) is 18. The van der Waals surface area contributed by atoms with Crippen LogP contribution in [0.3, 0.4) is 0 Å². The zero-order valence-electron chi connectivity index (χ0n) is 48.4. The minimum absolute atomic E-state index is 0.0302. The number of ether oxygens (including phenoxy) is 8. The van der Waals surface area contributed by atoms with E-state index in [2.05, 4.69) is 70.6 Å². The van der Waals surface area contributed by atoms with Crippen molar-refractivity contribution in [2.24, 2.45) is 5.92 Å². The van der Waals surface area contributed by atoms with Gasteiger partial charge in [-0.25, -0.2) is 23.9 Å². The summed E-state index contributed by atoms with van der Waals surface area (Å²) in [4.78, 5) is 76.4. The predicted octanol–water partition coefficient (Wildman–Crippen LogP) is 8.34. The van der Waals surface area contributed by atoms with E-state index in [1.807, 2.05) is 42.5 Å². The van der Waals surface area contributed by atoms with Crippen molar-refractivity contribution in [3.8, 4) is 28.3 Å². The third kappa shape index (κ3) is 16.6. The Hall–Kier alpha value is -8.87. The molecule has 4 amide bonds. The second kappa shape index (κ2) is 30.5. The molecule has 24 heteroatoms. The molecule has 22 nitrogen and oxygen atoms in total. The fraction of sp³-hybridized carbons (Fsp3) is 0.349. The van der Waals surface area contributed by atoms with Gasteiger partial charge in [0.2, 0.25) is 23.6 Å². The van der Waals surface area contributed by atoms with Crippen LogP contribution in [0.15, 0.2) is 122 Å². The van der Waals surface area contributed by atoms with Gasteiger partial charge >= 0.3 is 12.2 Å². The number of fused-ring (bicyclic) bond motifs is 4. The molecule has 5 aromatic carbocycles. The van der Waals surface area contributed by atoms with E-state index in [0.717, 1.165) is 47.1 Å². The summed E-state index contributed by atoms with van der Waals surface area (Å²) >= 11 is 6.71. The lowest BCUT2D eigenvalue weighted by atomic mass is 9.98. The van der Waals surface area contributed by atoms with Gasteiger partial charge in [-0.1, -0.05) is 86.1 Å². The van der Waals surface area contributed by atoms with Gasteiger partial charge in [0.05, 0.1) is 69.6 Å². The topological polar surface area (TPSA) is 262 Å². The normalized spacial score (nSPS) is 13.9. The van der Waals surface area contributed by atoms with Crippen LogP contribution in [-0.2, 0) is 54.1 Å². The van der Waals surface area contributed by atoms with Crippen molar-refractivity contribution in [1.82, 2.24) is 36.1 Å². The Morgan fingerprint density at radius 3 is 2.14 bits per heavy atom. The number of benzene rings is 5. The second-order valence-electron chi connectivity index (χ2n) is 20.6. The third-order valence-electron chi connectivity index (χ3n) is 14.4. The molecular formula is C63H67ClFN9O13. The van der Waals surface area contributed by atoms with Crippen LogP contribution in [0.2, 0.25) is 5.02 Å². The molecule has 3 heterocycles. The molecule has 0 bridgehead atoms. The Kier molecular flexibility index (Phi) is 21.9. The average molecular weight is 1210 g/mol. The molecule has 3 atom stereocenters. The molecule has 87 heavy (non-hydrogen) atoms. The number of anilines is 2. The lowest BCUT2D eigenvalue weighted by molar-refractivity contribution is -0.133. The Bertz CT molecular complexity index is 3480. The molecule has 7 aromatic rings. The highest BCUT2D eigenvalue weighted by molar-refractivity contribution is 6.31. The first kappa shape index (κ1) is 62.7. The zero-order valence-corrected chi connectivity index (χ0v) is 49.2. The van der Waals surface area contributed by atoms with Crippen molar-refractivity contribution in [2.45, 2.75) is 51.5 Å². The third-order valence-corrected chi connectivity index (χ3v) is 14.7. The van der Waals surface area contributed by atoms with Crippen molar-refractivity contribution in [2.75, 3.05) is 96.4 Å². The van der Waals surface area contributed by atoms with E-state index in [1.165, 1.54) is 38.6 Å². The summed E-state index contributed by atoms with van der Waals surface area (Å²) in [6.45, 7) is 8.61. The number of nitrogens with one attached hydrogen (secondary N) is 4. The van der Waals surface area contributed by atoms with Crippen LogP contribution < -0.4 is 30.9 Å². The molecular weight excluding hydrogens is 1150 g/mol. The summed E-state index contributed by atoms with van der Waals surface area (Å²) < 4.78 is 60.1. The van der Waals surface area contributed by atoms with Gasteiger partial charge in [-0.05, 0) is 89.2 Å². The molecule has 456 valence electrons. The number of carbonyl (C=O) groups is 5. The van der Waals surface area contributed by atoms with E-state index in [1.54, 1.807) is 38.1 Å². The van der Waals surface area contributed by atoms with Crippen LogP contribution in [0, 0.1) is 11.7 Å². The van der Waals surface area contributed by atoms with Crippen molar-refractivity contribution < 1.29 is 66.3 Å². The van der Waals surface area contributed by atoms with Gasteiger partial charge in [-0.15, -0.1) is 10.2 Å². The number of morpholine rings is 1. The van der Waals surface area contributed by atoms with Crippen LogP contribution in [-0.4, -0.2) is 148 Å². The molecule has 0 radical (unpaired) electrons. The molecule has 1 aliphatic heterocycles. The molecule has 2 aromatic heterocycles. The maximum Gasteiger partial charge on any atom is 0.509 e. The van der Waals surface area contributed by atoms with Crippen molar-refractivity contribution in [3.63, 3.8) is 0 Å². The monoisotopic (exact) mass is 1210 g/mol. The van der Waals surface area contributed by atoms with E-state index in [-0.39, 0.29) is 105 Å². The van der Waals surface area contributed by atoms with Crippen LogP contribution in [0.5, 0.6) is 5.88 Å². The van der Waals surface area contributed by atoms with E-state index in [4.69, 9.17) is 49.5 Å². The number of rotatable bonds is 27. The molecule has 1 fully saturated rings. The first-order valence-corrected chi connectivity index (χ1v) is 28.7. The molecule has 1 saturated heterocycles. The van der Waals surface area contributed by atoms with Crippen LogP contribution >= 0.6 is 11.6 Å². The maximum absolute atomic E-state index is 16.0. The van der Waals surface area contributed by atoms with Crippen molar-refractivity contribution in [1.29, 1.82) is 0 Å². The quantitative estimate of drug-likeness (QED) is 0.0278. The smallest absolute Gasteiger partial charge is 0.480 e. The van der Waals surface area contributed by atoms with Gasteiger partial charge in [0.15, 0.2) is 6.10 Å². The summed E-state index contributed by atoms with van der Waals surface area (Å²) in [5, 5.41) is 19.5. The molecule has 0 saturated carbocycles. The minimum Gasteiger partial charge on any atom is -0.480 e. The lowest BCUT2D eigenvalue weighted by Gasteiger charge is -2.29. The molecule has 2 aliphatic rings. The van der Waals surface area contributed by atoms with Crippen molar-refractivity contribution >= 4 is 63.8 Å². The van der Waals surface area contributed by atoms with Gasteiger partial charge in [0.25, 0.3) is 0 Å². The Balaban J connectivity index is 0.676. The summed E-state index contributed by atoms with van der Waals surface area (Å²) in [7, 11) is 1.42. The van der Waals surface area contributed by atoms with Gasteiger partial charge in [-0.2, -0.15) is 0 Å². The van der Waals surface area contributed by atoms with E-state index < -0.39 is 54.0 Å².